The number of pyridine rings is 1. The number of aromatic nitrogens is 1. The number of halogens is 1. The van der Waals surface area contributed by atoms with Crippen LogP contribution in [0.3, 0.4) is 0 Å². The molecule has 0 N–H and O–H groups in total. The molecular weight excluding hydrogens is 236 g/mol. The lowest BCUT2D eigenvalue weighted by Crippen LogP contribution is -2.41. The molecule has 94 valence electrons. The first-order chi connectivity index (χ1) is 8.35. The summed E-state index contributed by atoms with van der Waals surface area (Å²) >= 11 is 5.79. The molecule has 0 radical (unpaired) electrons. The smallest absolute Gasteiger partial charge is 0.214 e. The Kier molecular flexibility index (Phi) is 4.49. The van der Waals surface area contributed by atoms with Crippen LogP contribution in [0.1, 0.15) is 25.7 Å². The van der Waals surface area contributed by atoms with E-state index in [4.69, 9.17) is 16.3 Å². The summed E-state index contributed by atoms with van der Waals surface area (Å²) in [6.07, 6.45) is 4.85. The summed E-state index contributed by atoms with van der Waals surface area (Å²) in [4.78, 5) is 6.88. The van der Waals surface area contributed by atoms with E-state index in [0.29, 0.717) is 17.8 Å². The van der Waals surface area contributed by atoms with Crippen molar-refractivity contribution in [3.63, 3.8) is 0 Å². The molecule has 0 saturated heterocycles. The van der Waals surface area contributed by atoms with Gasteiger partial charge in [-0.15, -0.1) is 11.6 Å². The second-order valence-corrected chi connectivity index (χ2v) is 4.74. The van der Waals surface area contributed by atoms with E-state index in [1.807, 2.05) is 12.1 Å². The third-order valence-electron chi connectivity index (χ3n) is 3.26. The molecular formula is C13H19ClN2O. The van der Waals surface area contributed by atoms with Crippen LogP contribution in [0.5, 0.6) is 5.88 Å². The van der Waals surface area contributed by atoms with E-state index in [2.05, 4.69) is 16.0 Å². The largest absolute Gasteiger partial charge is 0.481 e. The van der Waals surface area contributed by atoms with E-state index >= 15 is 0 Å². The SMILES string of the molecule is COc1cccc(N(CCCCl)C2CCC2)n1. The molecule has 17 heavy (non-hydrogen) atoms. The van der Waals surface area contributed by atoms with Gasteiger partial charge in [0.05, 0.1) is 7.11 Å². The van der Waals surface area contributed by atoms with Crippen LogP contribution in [0.25, 0.3) is 0 Å². The average molecular weight is 255 g/mol. The lowest BCUT2D eigenvalue weighted by molar-refractivity contribution is 0.377. The highest BCUT2D eigenvalue weighted by atomic mass is 35.5. The molecule has 0 aliphatic heterocycles. The number of alkyl halides is 1. The molecule has 1 aromatic heterocycles. The fourth-order valence-electron chi connectivity index (χ4n) is 2.09. The monoisotopic (exact) mass is 254 g/mol. The van der Waals surface area contributed by atoms with Crippen molar-refractivity contribution in [1.82, 2.24) is 4.98 Å². The minimum Gasteiger partial charge on any atom is -0.481 e. The molecule has 1 aromatic rings. The van der Waals surface area contributed by atoms with Crippen LogP contribution >= 0.6 is 11.6 Å². The zero-order valence-electron chi connectivity index (χ0n) is 10.2. The number of rotatable bonds is 6. The summed E-state index contributed by atoms with van der Waals surface area (Å²) in [6, 6.07) is 6.56. The van der Waals surface area contributed by atoms with Crippen LogP contribution in [0.2, 0.25) is 0 Å². The summed E-state index contributed by atoms with van der Waals surface area (Å²) in [5, 5.41) is 0. The summed E-state index contributed by atoms with van der Waals surface area (Å²) in [5.74, 6) is 2.39. The summed E-state index contributed by atoms with van der Waals surface area (Å²) < 4.78 is 5.18. The van der Waals surface area contributed by atoms with E-state index in [9.17, 15) is 0 Å². The first kappa shape index (κ1) is 12.5. The van der Waals surface area contributed by atoms with Gasteiger partial charge < -0.3 is 9.64 Å². The highest BCUT2D eigenvalue weighted by Gasteiger charge is 2.25. The molecule has 1 aliphatic rings. The van der Waals surface area contributed by atoms with Gasteiger partial charge in [0.25, 0.3) is 0 Å². The normalized spacial score (nSPS) is 15.4. The van der Waals surface area contributed by atoms with E-state index in [1.54, 1.807) is 7.11 Å². The van der Waals surface area contributed by atoms with E-state index in [0.717, 1.165) is 18.8 Å². The Labute approximate surface area is 108 Å². The maximum Gasteiger partial charge on any atom is 0.214 e. The van der Waals surface area contributed by atoms with Gasteiger partial charge in [-0.05, 0) is 31.7 Å². The zero-order valence-corrected chi connectivity index (χ0v) is 11.0. The molecule has 0 unspecified atom stereocenters. The first-order valence-electron chi connectivity index (χ1n) is 6.19. The molecule has 1 heterocycles. The Morgan fingerprint density at radius 2 is 2.29 bits per heavy atom. The van der Waals surface area contributed by atoms with Crippen LogP contribution < -0.4 is 9.64 Å². The molecule has 4 heteroatoms. The first-order valence-corrected chi connectivity index (χ1v) is 6.72. The van der Waals surface area contributed by atoms with Gasteiger partial charge >= 0.3 is 0 Å². The van der Waals surface area contributed by atoms with Gasteiger partial charge in [0.1, 0.15) is 5.82 Å². The maximum absolute atomic E-state index is 5.79. The molecule has 0 atom stereocenters. The Morgan fingerprint density at radius 1 is 1.47 bits per heavy atom. The van der Waals surface area contributed by atoms with Crippen LogP contribution in [0.4, 0.5) is 5.82 Å². The number of methoxy groups -OCH3 is 1. The van der Waals surface area contributed by atoms with Crippen LogP contribution in [0, 0.1) is 0 Å². The molecule has 1 saturated carbocycles. The summed E-state index contributed by atoms with van der Waals surface area (Å²) in [6.45, 7) is 0.980. The number of hydrogen-bond acceptors (Lipinski definition) is 3. The molecule has 0 spiro atoms. The van der Waals surface area contributed by atoms with Crippen LogP contribution in [0.15, 0.2) is 18.2 Å². The van der Waals surface area contributed by atoms with Crippen LogP contribution in [-0.2, 0) is 0 Å². The lowest BCUT2D eigenvalue weighted by Gasteiger charge is -2.38. The molecule has 1 fully saturated rings. The highest BCUT2D eigenvalue weighted by Crippen LogP contribution is 2.29. The van der Waals surface area contributed by atoms with Crippen molar-refractivity contribution in [3.05, 3.63) is 18.2 Å². The van der Waals surface area contributed by atoms with Gasteiger partial charge in [0.15, 0.2) is 0 Å². The zero-order chi connectivity index (χ0) is 12.1. The Morgan fingerprint density at radius 3 is 2.88 bits per heavy atom. The lowest BCUT2D eigenvalue weighted by atomic mass is 9.91. The van der Waals surface area contributed by atoms with Crippen molar-refractivity contribution in [2.75, 3.05) is 24.4 Å². The van der Waals surface area contributed by atoms with Gasteiger partial charge in [0.2, 0.25) is 5.88 Å². The number of anilines is 1. The van der Waals surface area contributed by atoms with Crippen molar-refractivity contribution >= 4 is 17.4 Å². The van der Waals surface area contributed by atoms with Crippen molar-refractivity contribution in [3.8, 4) is 5.88 Å². The van der Waals surface area contributed by atoms with Gasteiger partial charge in [-0.1, -0.05) is 6.07 Å². The molecule has 2 rings (SSSR count). The van der Waals surface area contributed by atoms with Gasteiger partial charge in [-0.25, -0.2) is 0 Å². The molecule has 3 nitrogen and oxygen atoms in total. The average Bonchev–Trinajstić information content (AvgIpc) is 2.32. The van der Waals surface area contributed by atoms with Crippen molar-refractivity contribution in [2.24, 2.45) is 0 Å². The second kappa shape index (κ2) is 6.10. The predicted octanol–water partition coefficient (Wildman–Crippen LogP) is 3.08. The summed E-state index contributed by atoms with van der Waals surface area (Å²) in [5.41, 5.74) is 0. The number of hydrogen-bond donors (Lipinski definition) is 0. The third kappa shape index (κ3) is 3.03. The minimum absolute atomic E-state index is 0.637. The van der Waals surface area contributed by atoms with Crippen molar-refractivity contribution < 1.29 is 4.74 Å². The maximum atomic E-state index is 5.79. The standard InChI is InChI=1S/C13H19ClN2O/c1-17-13-8-3-7-12(15-13)16(10-4-9-14)11-5-2-6-11/h3,7-8,11H,2,4-6,9-10H2,1H3. The second-order valence-electron chi connectivity index (χ2n) is 4.36. The van der Waals surface area contributed by atoms with Crippen molar-refractivity contribution in [2.45, 2.75) is 31.7 Å². The quantitative estimate of drug-likeness (QED) is 0.730. The topological polar surface area (TPSA) is 25.4 Å². The number of ether oxygens (including phenoxy) is 1. The van der Waals surface area contributed by atoms with Gasteiger partial charge in [-0.3, -0.25) is 0 Å². The van der Waals surface area contributed by atoms with Crippen LogP contribution in [-0.4, -0.2) is 30.6 Å². The molecule has 1 aliphatic carbocycles. The highest BCUT2D eigenvalue weighted by molar-refractivity contribution is 6.17. The fraction of sp³-hybridized carbons (Fsp3) is 0.615. The summed E-state index contributed by atoms with van der Waals surface area (Å²) in [7, 11) is 1.65. The van der Waals surface area contributed by atoms with E-state index < -0.39 is 0 Å². The van der Waals surface area contributed by atoms with Gasteiger partial charge in [0, 0.05) is 24.5 Å². The Hall–Kier alpha value is -0.960. The number of nitrogens with zero attached hydrogens (tertiary/aromatic N) is 2. The van der Waals surface area contributed by atoms with Crippen molar-refractivity contribution in [1.29, 1.82) is 0 Å². The molecule has 0 bridgehead atoms. The van der Waals surface area contributed by atoms with E-state index in [-0.39, 0.29) is 0 Å². The minimum atomic E-state index is 0.637. The third-order valence-corrected chi connectivity index (χ3v) is 3.53. The molecule has 0 aromatic carbocycles. The fourth-order valence-corrected chi connectivity index (χ4v) is 2.21. The van der Waals surface area contributed by atoms with Gasteiger partial charge in [-0.2, -0.15) is 4.98 Å². The predicted molar refractivity (Wildman–Crippen MR) is 71.1 cm³/mol. The molecule has 0 amide bonds. The van der Waals surface area contributed by atoms with E-state index in [1.165, 1.54) is 19.3 Å². The Bertz CT molecular complexity index is 355. The Balaban J connectivity index is 2.11.